The van der Waals surface area contributed by atoms with Crippen LogP contribution in [0.25, 0.3) is 21.9 Å². The number of aryl methyl sites for hydroxylation is 1. The Hall–Kier alpha value is -2.03. The monoisotopic (exact) mass is 216 g/mol. The van der Waals surface area contributed by atoms with Crippen molar-refractivity contribution in [2.45, 2.75) is 6.92 Å². The molecule has 0 saturated heterocycles. The van der Waals surface area contributed by atoms with Crippen LogP contribution in [0, 0.1) is 12.7 Å². The first-order valence-corrected chi connectivity index (χ1v) is 4.97. The van der Waals surface area contributed by atoms with Crippen molar-refractivity contribution in [2.24, 2.45) is 0 Å². The standard InChI is InChI=1S/C13H9FO2/c1-7-2-3-8-9-4-5-10(15)12(14)13(9)16-11(8)6-7/h2-6,15H,1H3. The molecular weight excluding hydrogens is 207 g/mol. The highest BCUT2D eigenvalue weighted by Crippen LogP contribution is 2.33. The first-order chi connectivity index (χ1) is 7.66. The van der Waals surface area contributed by atoms with Crippen LogP contribution in [0.3, 0.4) is 0 Å². The molecule has 80 valence electrons. The fourth-order valence-electron chi connectivity index (χ4n) is 1.90. The number of phenols is 1. The lowest BCUT2D eigenvalue weighted by Crippen LogP contribution is -1.75. The van der Waals surface area contributed by atoms with Crippen molar-refractivity contribution in [1.82, 2.24) is 0 Å². The molecule has 2 aromatic carbocycles. The minimum absolute atomic E-state index is 0.112. The number of aromatic hydroxyl groups is 1. The number of phenolic OH excluding ortho intramolecular Hbond substituents is 1. The number of benzene rings is 2. The van der Waals surface area contributed by atoms with Crippen molar-refractivity contribution in [3.8, 4) is 5.75 Å². The number of rotatable bonds is 0. The molecule has 0 bridgehead atoms. The van der Waals surface area contributed by atoms with E-state index >= 15 is 0 Å². The molecular formula is C13H9FO2. The lowest BCUT2D eigenvalue weighted by Gasteiger charge is -1.94. The molecule has 0 aliphatic rings. The molecule has 0 unspecified atom stereocenters. The highest BCUT2D eigenvalue weighted by molar-refractivity contribution is 6.05. The Bertz CT molecular complexity index is 698. The van der Waals surface area contributed by atoms with Gasteiger partial charge >= 0.3 is 0 Å². The maximum Gasteiger partial charge on any atom is 0.207 e. The summed E-state index contributed by atoms with van der Waals surface area (Å²) in [6.07, 6.45) is 0. The van der Waals surface area contributed by atoms with Crippen molar-refractivity contribution in [2.75, 3.05) is 0 Å². The number of hydrogen-bond acceptors (Lipinski definition) is 2. The van der Waals surface area contributed by atoms with Crippen molar-refractivity contribution in [1.29, 1.82) is 0 Å². The molecule has 3 aromatic rings. The van der Waals surface area contributed by atoms with E-state index in [1.807, 2.05) is 25.1 Å². The van der Waals surface area contributed by atoms with Gasteiger partial charge in [0.1, 0.15) is 5.58 Å². The second-order valence-corrected chi connectivity index (χ2v) is 3.88. The molecule has 2 nitrogen and oxygen atoms in total. The predicted molar refractivity (Wildman–Crippen MR) is 60.1 cm³/mol. The molecule has 0 aliphatic heterocycles. The summed E-state index contributed by atoms with van der Waals surface area (Å²) in [5, 5.41) is 10.8. The van der Waals surface area contributed by atoms with Crippen LogP contribution in [0.4, 0.5) is 4.39 Å². The summed E-state index contributed by atoms with van der Waals surface area (Å²) >= 11 is 0. The Morgan fingerprint density at radius 2 is 1.88 bits per heavy atom. The van der Waals surface area contributed by atoms with Crippen molar-refractivity contribution < 1.29 is 13.9 Å². The van der Waals surface area contributed by atoms with Crippen molar-refractivity contribution in [3.63, 3.8) is 0 Å². The van der Waals surface area contributed by atoms with Gasteiger partial charge in [-0.2, -0.15) is 4.39 Å². The van der Waals surface area contributed by atoms with E-state index in [0.717, 1.165) is 10.9 Å². The van der Waals surface area contributed by atoms with Crippen LogP contribution in [0.2, 0.25) is 0 Å². The zero-order valence-corrected chi connectivity index (χ0v) is 8.62. The van der Waals surface area contributed by atoms with Gasteiger partial charge in [0.05, 0.1) is 0 Å². The van der Waals surface area contributed by atoms with Crippen LogP contribution in [0.1, 0.15) is 5.56 Å². The van der Waals surface area contributed by atoms with Crippen LogP contribution < -0.4 is 0 Å². The van der Waals surface area contributed by atoms with Gasteiger partial charge in [0.2, 0.25) is 5.82 Å². The first kappa shape index (κ1) is 9.21. The number of halogens is 1. The molecule has 0 aliphatic carbocycles. The van der Waals surface area contributed by atoms with Gasteiger partial charge in [-0.05, 0) is 30.7 Å². The molecule has 3 heteroatoms. The van der Waals surface area contributed by atoms with Crippen LogP contribution in [0.5, 0.6) is 5.75 Å². The second kappa shape index (κ2) is 2.98. The van der Waals surface area contributed by atoms with E-state index in [-0.39, 0.29) is 11.3 Å². The highest BCUT2D eigenvalue weighted by atomic mass is 19.1. The Kier molecular flexibility index (Phi) is 1.72. The maximum absolute atomic E-state index is 13.6. The van der Waals surface area contributed by atoms with Gasteiger partial charge in [-0.3, -0.25) is 0 Å². The molecule has 3 rings (SSSR count). The quantitative estimate of drug-likeness (QED) is 0.621. The van der Waals surface area contributed by atoms with Crippen LogP contribution >= 0.6 is 0 Å². The van der Waals surface area contributed by atoms with E-state index in [1.54, 1.807) is 6.07 Å². The van der Waals surface area contributed by atoms with Gasteiger partial charge in [-0.15, -0.1) is 0 Å². The number of furan rings is 1. The Morgan fingerprint density at radius 3 is 2.69 bits per heavy atom. The van der Waals surface area contributed by atoms with Crippen LogP contribution in [-0.4, -0.2) is 5.11 Å². The second-order valence-electron chi connectivity index (χ2n) is 3.88. The van der Waals surface area contributed by atoms with Gasteiger partial charge < -0.3 is 9.52 Å². The van der Waals surface area contributed by atoms with E-state index in [9.17, 15) is 9.50 Å². The smallest absolute Gasteiger partial charge is 0.207 e. The van der Waals surface area contributed by atoms with E-state index in [1.165, 1.54) is 6.07 Å². The van der Waals surface area contributed by atoms with Crippen molar-refractivity contribution in [3.05, 3.63) is 41.7 Å². The van der Waals surface area contributed by atoms with E-state index < -0.39 is 5.82 Å². The predicted octanol–water partition coefficient (Wildman–Crippen LogP) is 3.74. The molecule has 0 atom stereocenters. The topological polar surface area (TPSA) is 33.4 Å². The molecule has 1 N–H and O–H groups in total. The fourth-order valence-corrected chi connectivity index (χ4v) is 1.90. The number of hydrogen-bond donors (Lipinski definition) is 1. The summed E-state index contributed by atoms with van der Waals surface area (Å²) in [5.41, 5.74) is 1.80. The summed E-state index contributed by atoms with van der Waals surface area (Å²) < 4.78 is 19.0. The first-order valence-electron chi connectivity index (χ1n) is 4.97. The summed E-state index contributed by atoms with van der Waals surface area (Å²) in [5.74, 6) is -1.09. The Morgan fingerprint density at radius 1 is 1.12 bits per heavy atom. The summed E-state index contributed by atoms with van der Waals surface area (Å²) in [6, 6.07) is 8.70. The summed E-state index contributed by atoms with van der Waals surface area (Å²) in [4.78, 5) is 0. The fraction of sp³-hybridized carbons (Fsp3) is 0.0769. The Labute approximate surface area is 90.9 Å². The van der Waals surface area contributed by atoms with E-state index in [0.29, 0.717) is 11.0 Å². The molecule has 1 heterocycles. The maximum atomic E-state index is 13.6. The van der Waals surface area contributed by atoms with Gasteiger partial charge in [0.25, 0.3) is 0 Å². The van der Waals surface area contributed by atoms with Crippen LogP contribution in [-0.2, 0) is 0 Å². The number of fused-ring (bicyclic) bond motifs is 3. The normalized spacial score (nSPS) is 11.4. The third-order valence-corrected chi connectivity index (χ3v) is 2.72. The molecule has 0 radical (unpaired) electrons. The van der Waals surface area contributed by atoms with E-state index in [4.69, 9.17) is 4.42 Å². The van der Waals surface area contributed by atoms with E-state index in [2.05, 4.69) is 0 Å². The zero-order chi connectivity index (χ0) is 11.3. The largest absolute Gasteiger partial charge is 0.505 e. The SMILES string of the molecule is Cc1ccc2c(c1)oc1c(F)c(O)ccc12. The van der Waals surface area contributed by atoms with Crippen molar-refractivity contribution >= 4 is 21.9 Å². The van der Waals surface area contributed by atoms with Gasteiger partial charge in [-0.25, -0.2) is 0 Å². The summed E-state index contributed by atoms with van der Waals surface area (Å²) in [7, 11) is 0. The zero-order valence-electron chi connectivity index (χ0n) is 8.62. The third-order valence-electron chi connectivity index (χ3n) is 2.72. The molecule has 16 heavy (non-hydrogen) atoms. The lowest BCUT2D eigenvalue weighted by molar-refractivity contribution is 0.430. The highest BCUT2D eigenvalue weighted by Gasteiger charge is 2.13. The molecule has 0 saturated carbocycles. The molecule has 0 fully saturated rings. The van der Waals surface area contributed by atoms with Gasteiger partial charge in [0.15, 0.2) is 11.3 Å². The molecule has 0 spiro atoms. The minimum atomic E-state index is -0.702. The van der Waals surface area contributed by atoms with Gasteiger partial charge in [0, 0.05) is 10.8 Å². The third kappa shape index (κ3) is 1.11. The van der Waals surface area contributed by atoms with Crippen LogP contribution in [0.15, 0.2) is 34.7 Å². The van der Waals surface area contributed by atoms with Gasteiger partial charge in [-0.1, -0.05) is 12.1 Å². The Balaban J connectivity index is 2.55. The molecule has 0 amide bonds. The minimum Gasteiger partial charge on any atom is -0.505 e. The average molecular weight is 216 g/mol. The lowest BCUT2D eigenvalue weighted by atomic mass is 10.1. The average Bonchev–Trinajstić information content (AvgIpc) is 2.62. The molecule has 1 aromatic heterocycles. The summed E-state index contributed by atoms with van der Waals surface area (Å²) in [6.45, 7) is 1.94.